The fraction of sp³-hybridized carbons (Fsp3) is 0.111. The van der Waals surface area contributed by atoms with Crippen molar-refractivity contribution in [3.05, 3.63) is 21.2 Å². The third-order valence-corrected chi connectivity index (χ3v) is 2.54. The molecule has 0 aliphatic carbocycles. The fourth-order valence-corrected chi connectivity index (χ4v) is 1.94. The zero-order valence-electron chi connectivity index (χ0n) is 7.42. The molecule has 0 fully saturated rings. The topological polar surface area (TPSA) is 65.5 Å². The molecule has 0 aromatic rings. The van der Waals surface area contributed by atoms with Crippen molar-refractivity contribution in [2.75, 3.05) is 6.54 Å². The Labute approximate surface area is 96.2 Å². The minimum absolute atomic E-state index is 0.259. The predicted octanol–water partition coefficient (Wildman–Crippen LogP) is 1.06. The SMILES string of the molecule is C#CCN1C=C(I)/C(=C(\N)N=C)C1=N. The van der Waals surface area contributed by atoms with E-state index in [2.05, 4.69) is 40.2 Å². The van der Waals surface area contributed by atoms with Gasteiger partial charge < -0.3 is 10.6 Å². The highest BCUT2D eigenvalue weighted by Crippen LogP contribution is 2.29. The van der Waals surface area contributed by atoms with Crippen LogP contribution in [0.25, 0.3) is 0 Å². The van der Waals surface area contributed by atoms with Crippen molar-refractivity contribution in [1.29, 1.82) is 5.41 Å². The quantitative estimate of drug-likeness (QED) is 0.455. The lowest BCUT2D eigenvalue weighted by Gasteiger charge is -2.11. The highest BCUT2D eigenvalue weighted by atomic mass is 127. The summed E-state index contributed by atoms with van der Waals surface area (Å²) in [4.78, 5) is 5.24. The van der Waals surface area contributed by atoms with Gasteiger partial charge >= 0.3 is 0 Å². The molecule has 0 amide bonds. The van der Waals surface area contributed by atoms with Crippen LogP contribution in [0.5, 0.6) is 0 Å². The molecular weight excluding hydrogens is 291 g/mol. The third kappa shape index (κ3) is 1.80. The van der Waals surface area contributed by atoms with Gasteiger partial charge in [-0.2, -0.15) is 0 Å². The van der Waals surface area contributed by atoms with Crippen molar-refractivity contribution in [3.63, 3.8) is 0 Å². The highest BCUT2D eigenvalue weighted by molar-refractivity contribution is 14.1. The van der Waals surface area contributed by atoms with E-state index in [4.69, 9.17) is 17.6 Å². The van der Waals surface area contributed by atoms with Crippen LogP contribution in [-0.2, 0) is 0 Å². The van der Waals surface area contributed by atoms with Crippen molar-refractivity contribution >= 4 is 35.1 Å². The van der Waals surface area contributed by atoms with E-state index in [1.165, 1.54) is 0 Å². The van der Waals surface area contributed by atoms with Gasteiger partial charge in [-0.1, -0.05) is 5.92 Å². The van der Waals surface area contributed by atoms with E-state index in [1.54, 1.807) is 11.1 Å². The maximum atomic E-state index is 7.78. The van der Waals surface area contributed by atoms with Crippen LogP contribution < -0.4 is 5.73 Å². The van der Waals surface area contributed by atoms with Crippen LogP contribution in [0, 0.1) is 17.8 Å². The van der Waals surface area contributed by atoms with E-state index in [0.717, 1.165) is 3.58 Å². The second kappa shape index (κ2) is 4.28. The number of hydrogen-bond acceptors (Lipinski definition) is 3. The van der Waals surface area contributed by atoms with Gasteiger partial charge in [0.15, 0.2) is 0 Å². The van der Waals surface area contributed by atoms with E-state index in [-0.39, 0.29) is 11.7 Å². The fourth-order valence-electron chi connectivity index (χ4n) is 1.07. The molecule has 0 unspecified atom stereocenters. The van der Waals surface area contributed by atoms with Gasteiger partial charge in [0.2, 0.25) is 0 Å². The molecule has 0 aromatic carbocycles. The molecule has 5 heteroatoms. The summed E-state index contributed by atoms with van der Waals surface area (Å²) in [5.41, 5.74) is 6.20. The van der Waals surface area contributed by atoms with Crippen LogP contribution in [0.2, 0.25) is 0 Å². The minimum atomic E-state index is 0.259. The smallest absolute Gasteiger partial charge is 0.137 e. The Kier molecular flexibility index (Phi) is 3.30. The Morgan fingerprint density at radius 1 is 1.86 bits per heavy atom. The molecule has 4 nitrogen and oxygen atoms in total. The van der Waals surface area contributed by atoms with E-state index in [9.17, 15) is 0 Å². The Morgan fingerprint density at radius 2 is 2.50 bits per heavy atom. The maximum Gasteiger partial charge on any atom is 0.137 e. The number of nitrogens with zero attached hydrogens (tertiary/aromatic N) is 2. The highest BCUT2D eigenvalue weighted by Gasteiger charge is 2.24. The first kappa shape index (κ1) is 10.8. The van der Waals surface area contributed by atoms with Crippen molar-refractivity contribution in [3.8, 4) is 12.3 Å². The Balaban J connectivity index is 3.08. The summed E-state index contributed by atoms with van der Waals surface area (Å²) >= 11 is 2.09. The number of nitrogens with one attached hydrogen (secondary N) is 1. The van der Waals surface area contributed by atoms with Gasteiger partial charge in [-0.25, -0.2) is 4.99 Å². The third-order valence-electron chi connectivity index (χ3n) is 1.72. The van der Waals surface area contributed by atoms with Crippen molar-refractivity contribution in [2.24, 2.45) is 10.7 Å². The summed E-state index contributed by atoms with van der Waals surface area (Å²) in [6.07, 6.45) is 6.94. The lowest BCUT2D eigenvalue weighted by Crippen LogP contribution is -2.23. The molecule has 0 aromatic heterocycles. The zero-order chi connectivity index (χ0) is 10.7. The van der Waals surface area contributed by atoms with E-state index < -0.39 is 0 Å². The molecular formula is C9H9IN4. The molecule has 1 aliphatic rings. The molecule has 0 bridgehead atoms. The normalized spacial score (nSPS) is 19.0. The average molecular weight is 300 g/mol. The molecule has 72 valence electrons. The number of nitrogens with two attached hydrogens (primary N) is 1. The van der Waals surface area contributed by atoms with Crippen LogP contribution in [0.1, 0.15) is 0 Å². The van der Waals surface area contributed by atoms with Gasteiger partial charge in [0, 0.05) is 9.78 Å². The van der Waals surface area contributed by atoms with E-state index in [1.807, 2.05) is 0 Å². The van der Waals surface area contributed by atoms with Crippen LogP contribution in [0.4, 0.5) is 0 Å². The molecule has 0 spiro atoms. The second-order valence-corrected chi connectivity index (χ2v) is 3.74. The minimum Gasteiger partial charge on any atom is -0.383 e. The number of aliphatic imine (C=N–C) groups is 1. The monoisotopic (exact) mass is 300 g/mol. The average Bonchev–Trinajstić information content (AvgIpc) is 2.42. The summed E-state index contributed by atoms with van der Waals surface area (Å²) < 4.78 is 0.854. The lowest BCUT2D eigenvalue weighted by molar-refractivity contribution is 0.642. The first-order valence-corrected chi connectivity index (χ1v) is 4.83. The first-order valence-electron chi connectivity index (χ1n) is 3.75. The van der Waals surface area contributed by atoms with Crippen LogP contribution in [0.15, 0.2) is 26.2 Å². The summed E-state index contributed by atoms with van der Waals surface area (Å²) in [5, 5.41) is 7.78. The predicted molar refractivity (Wildman–Crippen MR) is 66.1 cm³/mol. The van der Waals surface area contributed by atoms with Gasteiger partial charge in [-0.15, -0.1) is 6.42 Å². The lowest BCUT2D eigenvalue weighted by atomic mass is 10.2. The standard InChI is InChI=1S/C9H9IN4/c1-3-4-14-5-6(10)7(9(14)12)8(11)13-2/h1,5,12H,2,4,11H2/b8-7-,12-9?. The van der Waals surface area contributed by atoms with Gasteiger partial charge in [0.25, 0.3) is 0 Å². The second-order valence-electron chi connectivity index (χ2n) is 2.58. The molecule has 14 heavy (non-hydrogen) atoms. The molecule has 0 saturated carbocycles. The summed E-state index contributed by atoms with van der Waals surface area (Å²) in [6, 6.07) is 0. The molecule has 1 aliphatic heterocycles. The van der Waals surface area contributed by atoms with Crippen molar-refractivity contribution in [2.45, 2.75) is 0 Å². The molecule has 1 rings (SSSR count). The Hall–Kier alpha value is -1.29. The Bertz CT molecular complexity index is 386. The number of halogens is 1. The summed E-state index contributed by atoms with van der Waals surface area (Å²) in [5.74, 6) is 3.00. The van der Waals surface area contributed by atoms with Crippen LogP contribution in [-0.4, -0.2) is 24.0 Å². The van der Waals surface area contributed by atoms with Crippen LogP contribution in [0.3, 0.4) is 0 Å². The largest absolute Gasteiger partial charge is 0.383 e. The number of rotatable bonds is 2. The maximum absolute atomic E-state index is 7.78. The summed E-state index contributed by atoms with van der Waals surface area (Å²) in [7, 11) is 0. The van der Waals surface area contributed by atoms with Crippen LogP contribution >= 0.6 is 22.6 Å². The van der Waals surface area contributed by atoms with Gasteiger partial charge in [0.1, 0.15) is 11.7 Å². The summed E-state index contributed by atoms with van der Waals surface area (Å²) in [6.45, 7) is 3.69. The zero-order valence-corrected chi connectivity index (χ0v) is 9.58. The molecule has 0 atom stereocenters. The van der Waals surface area contributed by atoms with Gasteiger partial charge in [-0.3, -0.25) is 5.41 Å². The molecule has 0 radical (unpaired) electrons. The first-order chi connectivity index (χ1) is 6.61. The molecule has 0 saturated heterocycles. The van der Waals surface area contributed by atoms with E-state index >= 15 is 0 Å². The van der Waals surface area contributed by atoms with Gasteiger partial charge in [0.05, 0.1) is 12.1 Å². The van der Waals surface area contributed by atoms with Gasteiger partial charge in [-0.05, 0) is 29.3 Å². The molecule has 3 N–H and O–H groups in total. The molecule has 1 heterocycles. The Morgan fingerprint density at radius 3 is 3.00 bits per heavy atom. The number of hydrogen-bond donors (Lipinski definition) is 2. The van der Waals surface area contributed by atoms with Crippen molar-refractivity contribution < 1.29 is 0 Å². The number of amidine groups is 1. The van der Waals surface area contributed by atoms with Crippen molar-refractivity contribution in [1.82, 2.24) is 4.90 Å². The number of terminal acetylenes is 1. The van der Waals surface area contributed by atoms with E-state index in [0.29, 0.717) is 12.1 Å².